The third kappa shape index (κ3) is 4.46. The third-order valence-electron chi connectivity index (χ3n) is 3.48. The van der Waals surface area contributed by atoms with Gasteiger partial charge in [0.2, 0.25) is 11.1 Å². The van der Waals surface area contributed by atoms with Gasteiger partial charge in [-0.05, 0) is 25.0 Å². The van der Waals surface area contributed by atoms with Gasteiger partial charge in [0.05, 0.1) is 16.9 Å². The van der Waals surface area contributed by atoms with Gasteiger partial charge in [0.25, 0.3) is 0 Å². The maximum absolute atomic E-state index is 11.8. The van der Waals surface area contributed by atoms with E-state index in [-0.39, 0.29) is 17.8 Å². The highest BCUT2D eigenvalue weighted by atomic mass is 35.5. The predicted octanol–water partition coefficient (Wildman–Crippen LogP) is 2.51. The number of aromatic nitrogens is 3. The van der Waals surface area contributed by atoms with E-state index in [9.17, 15) is 4.79 Å². The Bertz CT molecular complexity index is 673. The fraction of sp³-hybridized carbons (Fsp3) is 0.400. The van der Waals surface area contributed by atoms with Crippen LogP contribution < -0.4 is 5.32 Å². The molecule has 1 fully saturated rings. The van der Waals surface area contributed by atoms with Crippen LogP contribution in [0.5, 0.6) is 0 Å². The van der Waals surface area contributed by atoms with Crippen molar-refractivity contribution in [3.8, 4) is 11.4 Å². The number of hydrogen-bond acceptors (Lipinski definition) is 5. The first-order valence-corrected chi connectivity index (χ1v) is 8.77. The summed E-state index contributed by atoms with van der Waals surface area (Å²) in [5, 5.41) is 10.9. The zero-order valence-corrected chi connectivity index (χ0v) is 14.0. The summed E-state index contributed by atoms with van der Waals surface area (Å²) >= 11 is 7.41. The van der Waals surface area contributed by atoms with Crippen molar-refractivity contribution in [2.45, 2.75) is 24.1 Å². The molecule has 0 spiro atoms. The fourth-order valence-electron chi connectivity index (χ4n) is 2.30. The molecule has 1 atom stereocenters. The molecule has 1 aromatic carbocycles. The molecule has 0 bridgehead atoms. The molecule has 2 N–H and O–H groups in total. The second-order valence-electron chi connectivity index (χ2n) is 5.17. The number of H-pyrrole nitrogens is 1. The smallest absolute Gasteiger partial charge is 0.230 e. The van der Waals surface area contributed by atoms with E-state index in [0.717, 1.165) is 25.0 Å². The molecule has 122 valence electrons. The highest BCUT2D eigenvalue weighted by molar-refractivity contribution is 7.99. The van der Waals surface area contributed by atoms with Gasteiger partial charge < -0.3 is 10.1 Å². The molecule has 23 heavy (non-hydrogen) atoms. The van der Waals surface area contributed by atoms with Crippen molar-refractivity contribution in [1.29, 1.82) is 0 Å². The van der Waals surface area contributed by atoms with Crippen molar-refractivity contribution in [2.75, 3.05) is 18.9 Å². The summed E-state index contributed by atoms with van der Waals surface area (Å²) in [6.45, 7) is 1.36. The molecule has 2 heterocycles. The molecule has 8 heteroatoms. The summed E-state index contributed by atoms with van der Waals surface area (Å²) in [5.41, 5.74) is 0.788. The number of nitrogens with zero attached hydrogens (tertiary/aromatic N) is 2. The monoisotopic (exact) mass is 352 g/mol. The van der Waals surface area contributed by atoms with E-state index in [2.05, 4.69) is 20.5 Å². The Morgan fingerprint density at radius 3 is 3.13 bits per heavy atom. The molecule has 1 aliphatic rings. The molecule has 1 aliphatic heterocycles. The van der Waals surface area contributed by atoms with Crippen molar-refractivity contribution in [2.24, 2.45) is 0 Å². The molecule has 3 rings (SSSR count). The highest BCUT2D eigenvalue weighted by Gasteiger charge is 2.16. The average molecular weight is 353 g/mol. The van der Waals surface area contributed by atoms with E-state index in [0.29, 0.717) is 22.5 Å². The lowest BCUT2D eigenvalue weighted by Gasteiger charge is -2.09. The van der Waals surface area contributed by atoms with Crippen molar-refractivity contribution >= 4 is 29.3 Å². The number of aromatic amines is 1. The second-order valence-corrected chi connectivity index (χ2v) is 6.52. The van der Waals surface area contributed by atoms with Gasteiger partial charge in [-0.2, -0.15) is 0 Å². The van der Waals surface area contributed by atoms with Crippen LogP contribution in [-0.2, 0) is 9.53 Å². The van der Waals surface area contributed by atoms with Crippen molar-refractivity contribution < 1.29 is 9.53 Å². The van der Waals surface area contributed by atoms with E-state index in [4.69, 9.17) is 16.3 Å². The van der Waals surface area contributed by atoms with Gasteiger partial charge in [0, 0.05) is 18.7 Å². The number of halogens is 1. The number of amides is 1. The molecule has 0 aliphatic carbocycles. The first-order valence-electron chi connectivity index (χ1n) is 7.41. The minimum absolute atomic E-state index is 0.0467. The Morgan fingerprint density at radius 2 is 2.35 bits per heavy atom. The van der Waals surface area contributed by atoms with Crippen LogP contribution in [0.15, 0.2) is 29.4 Å². The molecular formula is C15H17ClN4O2S. The number of ether oxygens (including phenoxy) is 1. The summed E-state index contributed by atoms with van der Waals surface area (Å²) in [6.07, 6.45) is 2.23. The first kappa shape index (κ1) is 16.3. The van der Waals surface area contributed by atoms with Crippen LogP contribution in [0.4, 0.5) is 0 Å². The largest absolute Gasteiger partial charge is 0.376 e. The zero-order valence-electron chi connectivity index (χ0n) is 12.4. The second kappa shape index (κ2) is 7.81. The van der Waals surface area contributed by atoms with Gasteiger partial charge in [0.1, 0.15) is 0 Å². The summed E-state index contributed by atoms with van der Waals surface area (Å²) < 4.78 is 5.47. The van der Waals surface area contributed by atoms with Gasteiger partial charge in [0.15, 0.2) is 5.82 Å². The molecule has 1 aromatic heterocycles. The summed E-state index contributed by atoms with van der Waals surface area (Å²) in [4.78, 5) is 16.2. The van der Waals surface area contributed by atoms with E-state index in [1.54, 1.807) is 6.07 Å². The van der Waals surface area contributed by atoms with Gasteiger partial charge in [-0.1, -0.05) is 35.5 Å². The Hall–Kier alpha value is -1.57. The Kier molecular flexibility index (Phi) is 5.53. The molecule has 1 amide bonds. The van der Waals surface area contributed by atoms with Crippen molar-refractivity contribution in [3.63, 3.8) is 0 Å². The Labute approximate surface area is 143 Å². The molecule has 2 aromatic rings. The maximum Gasteiger partial charge on any atom is 0.230 e. The lowest BCUT2D eigenvalue weighted by molar-refractivity contribution is -0.119. The first-order chi connectivity index (χ1) is 11.2. The normalized spacial score (nSPS) is 17.3. The van der Waals surface area contributed by atoms with Crippen molar-refractivity contribution in [3.05, 3.63) is 29.3 Å². The van der Waals surface area contributed by atoms with E-state index in [1.807, 2.05) is 18.2 Å². The maximum atomic E-state index is 11.8. The van der Waals surface area contributed by atoms with Crippen LogP contribution >= 0.6 is 23.4 Å². The summed E-state index contributed by atoms with van der Waals surface area (Å²) in [6, 6.07) is 7.40. The van der Waals surface area contributed by atoms with E-state index < -0.39 is 0 Å². The minimum atomic E-state index is -0.0467. The Balaban J connectivity index is 1.49. The van der Waals surface area contributed by atoms with Crippen LogP contribution in [0, 0.1) is 0 Å². The van der Waals surface area contributed by atoms with Gasteiger partial charge in [-0.25, -0.2) is 4.98 Å². The summed E-state index contributed by atoms with van der Waals surface area (Å²) in [7, 11) is 0. The van der Waals surface area contributed by atoms with Crippen LogP contribution in [0.2, 0.25) is 5.02 Å². The molecule has 0 saturated carbocycles. The van der Waals surface area contributed by atoms with Crippen LogP contribution in [-0.4, -0.2) is 46.1 Å². The number of hydrogen-bond donors (Lipinski definition) is 2. The van der Waals surface area contributed by atoms with Crippen LogP contribution in [0.25, 0.3) is 11.4 Å². The molecule has 6 nitrogen and oxygen atoms in total. The molecular weight excluding hydrogens is 336 g/mol. The Morgan fingerprint density at radius 1 is 1.48 bits per heavy atom. The minimum Gasteiger partial charge on any atom is -0.376 e. The summed E-state index contributed by atoms with van der Waals surface area (Å²) in [5.74, 6) is 0.819. The lowest BCUT2D eigenvalue weighted by atomic mass is 10.2. The molecule has 0 radical (unpaired) electrons. The number of nitrogens with one attached hydrogen (secondary N) is 2. The standard InChI is InChI=1S/C15H17ClN4O2S/c16-12-6-2-1-5-11(12)14-18-15(20-19-14)23-9-13(21)17-8-10-4-3-7-22-10/h1-2,5-6,10H,3-4,7-9H2,(H,17,21)(H,18,19,20)/t10-/m1/s1. The van der Waals surface area contributed by atoms with E-state index in [1.165, 1.54) is 11.8 Å². The van der Waals surface area contributed by atoms with Gasteiger partial charge in [-0.15, -0.1) is 5.10 Å². The van der Waals surface area contributed by atoms with Gasteiger partial charge >= 0.3 is 0 Å². The average Bonchev–Trinajstić information content (AvgIpc) is 3.23. The zero-order chi connectivity index (χ0) is 16.1. The fourth-order valence-corrected chi connectivity index (χ4v) is 3.15. The third-order valence-corrected chi connectivity index (χ3v) is 4.65. The highest BCUT2D eigenvalue weighted by Crippen LogP contribution is 2.25. The van der Waals surface area contributed by atoms with Crippen LogP contribution in [0.1, 0.15) is 12.8 Å². The number of carbonyl (C=O) groups excluding carboxylic acids is 1. The molecule has 1 saturated heterocycles. The van der Waals surface area contributed by atoms with Crippen molar-refractivity contribution in [1.82, 2.24) is 20.5 Å². The van der Waals surface area contributed by atoms with Crippen LogP contribution in [0.3, 0.4) is 0 Å². The SMILES string of the molecule is O=C(CSc1n[nH]c(-c2ccccc2Cl)n1)NC[C@H]1CCCO1. The lowest BCUT2D eigenvalue weighted by Crippen LogP contribution is -2.32. The molecule has 0 unspecified atom stereocenters. The number of thioether (sulfide) groups is 1. The number of benzene rings is 1. The quantitative estimate of drug-likeness (QED) is 0.781. The van der Waals surface area contributed by atoms with E-state index >= 15 is 0 Å². The predicted molar refractivity (Wildman–Crippen MR) is 89.5 cm³/mol. The van der Waals surface area contributed by atoms with Gasteiger partial charge in [-0.3, -0.25) is 9.89 Å². The number of carbonyl (C=O) groups is 1. The topological polar surface area (TPSA) is 79.9 Å². The number of rotatable bonds is 6.